The van der Waals surface area contributed by atoms with E-state index >= 15 is 0 Å². The molecule has 2 aromatic carbocycles. The maximum atomic E-state index is 12.8. The Bertz CT molecular complexity index is 614. The molecule has 0 aliphatic rings. The van der Waals surface area contributed by atoms with Gasteiger partial charge in [0.1, 0.15) is 18.2 Å². The number of rotatable bonds is 7. The number of carbonyl (C=O) groups excluding carboxylic acids is 1. The molecule has 0 spiro atoms. The van der Waals surface area contributed by atoms with Crippen LogP contribution in [-0.2, 0) is 11.4 Å². The average molecular weight is 301 g/mol. The van der Waals surface area contributed by atoms with Gasteiger partial charge in [0.05, 0.1) is 0 Å². The van der Waals surface area contributed by atoms with Gasteiger partial charge in [-0.3, -0.25) is 4.79 Å². The van der Waals surface area contributed by atoms with Gasteiger partial charge >= 0.3 is 0 Å². The van der Waals surface area contributed by atoms with Crippen molar-refractivity contribution in [3.05, 3.63) is 59.9 Å². The largest absolute Gasteiger partial charge is 0.489 e. The summed E-state index contributed by atoms with van der Waals surface area (Å²) in [5.74, 6) is 0.284. The Kier molecular flexibility index (Phi) is 5.77. The second-order valence-corrected chi connectivity index (χ2v) is 4.78. The highest BCUT2D eigenvalue weighted by molar-refractivity contribution is 5.72. The highest BCUT2D eigenvalue weighted by Gasteiger charge is 1.99. The zero-order valence-electron chi connectivity index (χ0n) is 12.4. The molecule has 1 amide bonds. The molecule has 0 bridgehead atoms. The molecule has 5 heteroatoms. The standard InChI is InChI=1S/C17H18FN2O2/c1-13(21)19-9-10-20-16-4-2-3-14(11-16)12-22-17-7-5-15(18)6-8-17/h3-8,11,20H,9-10,12H2,1H3,(H,19,21). The van der Waals surface area contributed by atoms with Crippen LogP contribution >= 0.6 is 0 Å². The van der Waals surface area contributed by atoms with E-state index in [1.54, 1.807) is 12.1 Å². The normalized spacial score (nSPS) is 10.1. The van der Waals surface area contributed by atoms with Crippen LogP contribution < -0.4 is 15.4 Å². The van der Waals surface area contributed by atoms with Crippen LogP contribution in [0.3, 0.4) is 0 Å². The SMILES string of the molecule is CC(=O)NCCNc1c[c]cc(COc2ccc(F)cc2)c1. The lowest BCUT2D eigenvalue weighted by molar-refractivity contribution is -0.118. The fraction of sp³-hybridized carbons (Fsp3) is 0.235. The number of carbonyl (C=O) groups is 1. The monoisotopic (exact) mass is 301 g/mol. The molecule has 0 saturated carbocycles. The fourth-order valence-corrected chi connectivity index (χ4v) is 1.85. The molecule has 0 atom stereocenters. The molecule has 2 aromatic rings. The van der Waals surface area contributed by atoms with Crippen molar-refractivity contribution in [2.24, 2.45) is 0 Å². The summed E-state index contributed by atoms with van der Waals surface area (Å²) in [6, 6.07) is 14.6. The Balaban J connectivity index is 1.83. The summed E-state index contributed by atoms with van der Waals surface area (Å²) in [5.41, 5.74) is 1.86. The van der Waals surface area contributed by atoms with E-state index in [2.05, 4.69) is 16.7 Å². The number of halogens is 1. The van der Waals surface area contributed by atoms with Crippen LogP contribution in [0.2, 0.25) is 0 Å². The van der Waals surface area contributed by atoms with Crippen LogP contribution in [0.15, 0.2) is 42.5 Å². The predicted molar refractivity (Wildman–Crippen MR) is 83.2 cm³/mol. The second kappa shape index (κ2) is 8.02. The average Bonchev–Trinajstić information content (AvgIpc) is 2.51. The first-order valence-electron chi connectivity index (χ1n) is 7.00. The first-order chi connectivity index (χ1) is 10.6. The van der Waals surface area contributed by atoms with Crippen molar-refractivity contribution in [1.82, 2.24) is 5.32 Å². The Morgan fingerprint density at radius 2 is 2.00 bits per heavy atom. The molecule has 2 N–H and O–H groups in total. The summed E-state index contributed by atoms with van der Waals surface area (Å²) in [6.07, 6.45) is 0. The number of hydrogen-bond acceptors (Lipinski definition) is 3. The van der Waals surface area contributed by atoms with Gasteiger partial charge in [0.25, 0.3) is 0 Å². The van der Waals surface area contributed by atoms with Crippen molar-refractivity contribution in [2.75, 3.05) is 18.4 Å². The summed E-state index contributed by atoms with van der Waals surface area (Å²) in [4.78, 5) is 10.8. The van der Waals surface area contributed by atoms with E-state index in [0.29, 0.717) is 25.4 Å². The summed E-state index contributed by atoms with van der Waals surface area (Å²) in [7, 11) is 0. The molecule has 22 heavy (non-hydrogen) atoms. The van der Waals surface area contributed by atoms with Gasteiger partial charge in [0.15, 0.2) is 0 Å². The molecular formula is C17H18FN2O2. The van der Waals surface area contributed by atoms with E-state index in [1.165, 1.54) is 19.1 Å². The maximum Gasteiger partial charge on any atom is 0.216 e. The molecule has 0 aromatic heterocycles. The van der Waals surface area contributed by atoms with Gasteiger partial charge in [-0.2, -0.15) is 0 Å². The van der Waals surface area contributed by atoms with Crippen LogP contribution in [0.25, 0.3) is 0 Å². The van der Waals surface area contributed by atoms with Crippen molar-refractivity contribution in [3.63, 3.8) is 0 Å². The molecule has 4 nitrogen and oxygen atoms in total. The van der Waals surface area contributed by atoms with Crippen molar-refractivity contribution in [1.29, 1.82) is 0 Å². The fourth-order valence-electron chi connectivity index (χ4n) is 1.85. The number of ether oxygens (including phenoxy) is 1. The lowest BCUT2D eigenvalue weighted by atomic mass is 10.2. The zero-order chi connectivity index (χ0) is 15.8. The first kappa shape index (κ1) is 15.8. The van der Waals surface area contributed by atoms with E-state index in [4.69, 9.17) is 4.74 Å². The van der Waals surface area contributed by atoms with E-state index in [-0.39, 0.29) is 11.7 Å². The Hall–Kier alpha value is -2.56. The lowest BCUT2D eigenvalue weighted by Crippen LogP contribution is -2.26. The number of anilines is 1. The minimum absolute atomic E-state index is 0.0465. The van der Waals surface area contributed by atoms with E-state index < -0.39 is 0 Å². The first-order valence-corrected chi connectivity index (χ1v) is 7.00. The van der Waals surface area contributed by atoms with Crippen molar-refractivity contribution >= 4 is 11.6 Å². The highest BCUT2D eigenvalue weighted by atomic mass is 19.1. The number of hydrogen-bond donors (Lipinski definition) is 2. The van der Waals surface area contributed by atoms with Gasteiger partial charge in [0.2, 0.25) is 5.91 Å². The lowest BCUT2D eigenvalue weighted by Gasteiger charge is -2.10. The molecule has 115 valence electrons. The zero-order valence-corrected chi connectivity index (χ0v) is 12.4. The Morgan fingerprint density at radius 1 is 1.23 bits per heavy atom. The molecule has 0 aliphatic carbocycles. The van der Waals surface area contributed by atoms with Crippen molar-refractivity contribution in [2.45, 2.75) is 13.5 Å². The number of benzene rings is 2. The van der Waals surface area contributed by atoms with Gasteiger partial charge in [-0.15, -0.1) is 0 Å². The third-order valence-corrected chi connectivity index (χ3v) is 2.90. The van der Waals surface area contributed by atoms with Crippen LogP contribution in [0.4, 0.5) is 10.1 Å². The molecule has 0 unspecified atom stereocenters. The van der Waals surface area contributed by atoms with Crippen molar-refractivity contribution < 1.29 is 13.9 Å². The van der Waals surface area contributed by atoms with Gasteiger partial charge < -0.3 is 15.4 Å². The Labute approximate surface area is 129 Å². The van der Waals surface area contributed by atoms with Gasteiger partial charge in [-0.1, -0.05) is 0 Å². The summed E-state index contributed by atoms with van der Waals surface area (Å²) in [5, 5.41) is 5.91. The molecule has 0 saturated heterocycles. The molecular weight excluding hydrogens is 283 g/mol. The minimum atomic E-state index is -0.286. The molecule has 1 radical (unpaired) electrons. The van der Waals surface area contributed by atoms with Crippen LogP contribution in [0.5, 0.6) is 5.75 Å². The molecule has 0 heterocycles. The van der Waals surface area contributed by atoms with E-state index in [9.17, 15) is 9.18 Å². The summed E-state index contributed by atoms with van der Waals surface area (Å²) in [6.45, 7) is 3.06. The smallest absolute Gasteiger partial charge is 0.216 e. The van der Waals surface area contributed by atoms with Crippen molar-refractivity contribution in [3.8, 4) is 5.75 Å². The Morgan fingerprint density at radius 3 is 2.73 bits per heavy atom. The minimum Gasteiger partial charge on any atom is -0.489 e. The third kappa shape index (κ3) is 5.44. The van der Waals surface area contributed by atoms with Crippen LogP contribution in [0.1, 0.15) is 12.5 Å². The topological polar surface area (TPSA) is 50.4 Å². The van der Waals surface area contributed by atoms with Gasteiger partial charge in [-0.05, 0) is 54.1 Å². The second-order valence-electron chi connectivity index (χ2n) is 4.78. The molecule has 2 rings (SSSR count). The van der Waals surface area contributed by atoms with Gasteiger partial charge in [-0.25, -0.2) is 4.39 Å². The van der Waals surface area contributed by atoms with Crippen LogP contribution in [0, 0.1) is 11.9 Å². The highest BCUT2D eigenvalue weighted by Crippen LogP contribution is 2.15. The predicted octanol–water partition coefficient (Wildman–Crippen LogP) is 2.75. The molecule has 0 aliphatic heterocycles. The van der Waals surface area contributed by atoms with Crippen LogP contribution in [-0.4, -0.2) is 19.0 Å². The maximum absolute atomic E-state index is 12.8. The third-order valence-electron chi connectivity index (χ3n) is 2.90. The summed E-state index contributed by atoms with van der Waals surface area (Å²) < 4.78 is 18.4. The van der Waals surface area contributed by atoms with Gasteiger partial charge in [0, 0.05) is 25.7 Å². The van der Waals surface area contributed by atoms with E-state index in [0.717, 1.165) is 11.3 Å². The summed E-state index contributed by atoms with van der Waals surface area (Å²) >= 11 is 0. The van der Waals surface area contributed by atoms with E-state index in [1.807, 2.05) is 18.2 Å². The molecule has 0 fully saturated rings. The quantitative estimate of drug-likeness (QED) is 0.773. The number of nitrogens with one attached hydrogen (secondary N) is 2. The number of amides is 1.